The fraction of sp³-hybridized carbons (Fsp3) is 0.350. The minimum atomic E-state index is -1.63. The summed E-state index contributed by atoms with van der Waals surface area (Å²) in [5.74, 6) is -1.31. The van der Waals surface area contributed by atoms with Gasteiger partial charge in [0.2, 0.25) is 11.5 Å². The van der Waals surface area contributed by atoms with E-state index >= 15 is 0 Å². The molecule has 14 nitrogen and oxygen atoms in total. The van der Waals surface area contributed by atoms with E-state index in [-0.39, 0.29) is 70.0 Å². The number of esters is 2. The molecule has 2 aliphatic rings. The van der Waals surface area contributed by atoms with Crippen LogP contribution >= 0.6 is 0 Å². The van der Waals surface area contributed by atoms with Crippen molar-refractivity contribution in [1.82, 2.24) is 0 Å². The third kappa shape index (κ3) is 7.46. The van der Waals surface area contributed by atoms with E-state index < -0.39 is 49.3 Å². The third-order valence-electron chi connectivity index (χ3n) is 9.15. The lowest BCUT2D eigenvalue weighted by molar-refractivity contribution is -0.305. The molecular weight excluding hydrogens is 704 g/mol. The van der Waals surface area contributed by atoms with E-state index in [0.717, 1.165) is 11.1 Å². The smallest absolute Gasteiger partial charge is 0.339 e. The van der Waals surface area contributed by atoms with Gasteiger partial charge in [0.25, 0.3) is 0 Å². The Bertz CT molecular complexity index is 1930. The highest BCUT2D eigenvalue weighted by Crippen LogP contribution is 2.54. The molecular formula is C40H42O14. The SMILES string of the molecule is COc1cc2c(c(OC)c1OC)-c1c(cc(OC)c(OC)c1OC)C(=O)O[C@@H]1[C@@H](OCc3ccccc3)[C@H](O)O[C@H](COC2=O)[C@H]1OCc1ccccc1. The second-order valence-corrected chi connectivity index (χ2v) is 12.2. The first-order chi connectivity index (χ1) is 26.3. The number of rotatable bonds is 12. The zero-order valence-electron chi connectivity index (χ0n) is 30.7. The summed E-state index contributed by atoms with van der Waals surface area (Å²) in [6, 6.07) is 21.4. The van der Waals surface area contributed by atoms with Gasteiger partial charge in [-0.3, -0.25) is 0 Å². The monoisotopic (exact) mass is 746 g/mol. The fourth-order valence-electron chi connectivity index (χ4n) is 6.63. The van der Waals surface area contributed by atoms with Crippen LogP contribution in [0.1, 0.15) is 31.8 Å². The van der Waals surface area contributed by atoms with Crippen LogP contribution in [0.15, 0.2) is 72.8 Å². The van der Waals surface area contributed by atoms with Crippen LogP contribution in [-0.2, 0) is 36.9 Å². The van der Waals surface area contributed by atoms with Crippen molar-refractivity contribution >= 4 is 11.9 Å². The Morgan fingerprint density at radius 1 is 0.611 bits per heavy atom. The molecule has 6 rings (SSSR count). The lowest BCUT2D eigenvalue weighted by Crippen LogP contribution is -2.61. The van der Waals surface area contributed by atoms with Gasteiger partial charge in [-0.2, -0.15) is 0 Å². The summed E-state index contributed by atoms with van der Waals surface area (Å²) in [6.07, 6.45) is -6.45. The van der Waals surface area contributed by atoms with Gasteiger partial charge >= 0.3 is 11.9 Å². The first kappa shape index (κ1) is 38.2. The zero-order chi connectivity index (χ0) is 38.4. The number of cyclic esters (lactones) is 1. The largest absolute Gasteiger partial charge is 0.493 e. The van der Waals surface area contributed by atoms with Gasteiger partial charge in [0.15, 0.2) is 35.4 Å². The minimum absolute atomic E-state index is 0.000858. The topological polar surface area (TPSA) is 156 Å². The Kier molecular flexibility index (Phi) is 12.1. The second-order valence-electron chi connectivity index (χ2n) is 12.2. The molecule has 0 aliphatic carbocycles. The molecule has 0 spiro atoms. The second kappa shape index (κ2) is 17.1. The van der Waals surface area contributed by atoms with Crippen LogP contribution in [0.25, 0.3) is 11.1 Å². The highest BCUT2D eigenvalue weighted by molar-refractivity contribution is 6.08. The molecule has 0 aromatic heterocycles. The maximum Gasteiger partial charge on any atom is 0.339 e. The van der Waals surface area contributed by atoms with Gasteiger partial charge in [-0.25, -0.2) is 9.59 Å². The minimum Gasteiger partial charge on any atom is -0.493 e. The first-order valence-electron chi connectivity index (χ1n) is 17.0. The predicted octanol–water partition coefficient (Wildman–Crippen LogP) is 4.99. The van der Waals surface area contributed by atoms with Crippen molar-refractivity contribution in [2.75, 3.05) is 49.3 Å². The van der Waals surface area contributed by atoms with Crippen molar-refractivity contribution in [3.05, 3.63) is 95.1 Å². The van der Waals surface area contributed by atoms with Crippen LogP contribution in [0.2, 0.25) is 0 Å². The van der Waals surface area contributed by atoms with E-state index in [9.17, 15) is 14.7 Å². The summed E-state index contributed by atoms with van der Waals surface area (Å²) in [6.45, 7) is -0.338. The number of hydrogen-bond acceptors (Lipinski definition) is 14. The van der Waals surface area contributed by atoms with Crippen molar-refractivity contribution in [2.45, 2.75) is 43.9 Å². The molecule has 14 heteroatoms. The molecule has 0 radical (unpaired) electrons. The summed E-state index contributed by atoms with van der Waals surface area (Å²) in [7, 11) is 8.32. The number of methoxy groups -OCH3 is 6. The number of aliphatic hydroxyl groups is 1. The molecule has 0 saturated carbocycles. The van der Waals surface area contributed by atoms with Crippen molar-refractivity contribution < 1.29 is 66.8 Å². The average Bonchev–Trinajstić information content (AvgIpc) is 3.20. The van der Waals surface area contributed by atoms with Crippen LogP contribution < -0.4 is 28.4 Å². The van der Waals surface area contributed by atoms with Gasteiger partial charge in [0, 0.05) is 11.1 Å². The molecule has 2 bridgehead atoms. The first-order valence-corrected chi connectivity index (χ1v) is 17.0. The molecule has 2 heterocycles. The summed E-state index contributed by atoms with van der Waals surface area (Å²) < 4.78 is 65.4. The Morgan fingerprint density at radius 3 is 1.54 bits per heavy atom. The van der Waals surface area contributed by atoms with E-state index in [2.05, 4.69) is 0 Å². The van der Waals surface area contributed by atoms with E-state index in [0.29, 0.717) is 0 Å². The van der Waals surface area contributed by atoms with Gasteiger partial charge in [-0.1, -0.05) is 60.7 Å². The normalized spacial score (nSPS) is 20.8. The van der Waals surface area contributed by atoms with E-state index in [1.807, 2.05) is 60.7 Å². The van der Waals surface area contributed by atoms with Gasteiger partial charge in [0.05, 0.1) is 67.0 Å². The molecule has 1 saturated heterocycles. The summed E-state index contributed by atoms with van der Waals surface area (Å²) in [5, 5.41) is 11.5. The standard InChI is InChI=1S/C40H42O14/c1-44-26-17-24-29(34(48-5)31(26)46-3)30-25(18-27(45-2)32(47-4)35(30)49-6)39(42)54-36-33(50-19-22-13-9-7-10-14-22)28(21-52-38(24)41)53-40(43)37(36)51-20-23-15-11-8-12-16-23/h7-18,28,33,36-37,40,43H,19-21H2,1-6H3/t28-,33-,36+,37-,40-/m1/s1. The average molecular weight is 747 g/mol. The number of fused-ring (bicyclic) bond motifs is 5. The van der Waals surface area contributed by atoms with Crippen LogP contribution in [0.5, 0.6) is 34.5 Å². The van der Waals surface area contributed by atoms with Gasteiger partial charge in [-0.05, 0) is 23.3 Å². The molecule has 286 valence electrons. The Morgan fingerprint density at radius 2 is 1.07 bits per heavy atom. The molecule has 0 amide bonds. The fourth-order valence-corrected chi connectivity index (χ4v) is 6.63. The molecule has 4 aromatic rings. The van der Waals surface area contributed by atoms with Crippen LogP contribution in [-0.4, -0.2) is 97.0 Å². The maximum atomic E-state index is 14.9. The maximum absolute atomic E-state index is 14.9. The molecule has 5 atom stereocenters. The number of aliphatic hydroxyl groups excluding tert-OH is 1. The van der Waals surface area contributed by atoms with E-state index in [1.54, 1.807) is 0 Å². The number of carbonyl (C=O) groups is 2. The lowest BCUT2D eigenvalue weighted by atomic mass is 9.91. The van der Waals surface area contributed by atoms with Crippen molar-refractivity contribution in [2.24, 2.45) is 0 Å². The van der Waals surface area contributed by atoms with Crippen molar-refractivity contribution in [1.29, 1.82) is 0 Å². The molecule has 54 heavy (non-hydrogen) atoms. The molecule has 1 fully saturated rings. The molecule has 1 N–H and O–H groups in total. The number of carbonyl (C=O) groups excluding carboxylic acids is 2. The van der Waals surface area contributed by atoms with Gasteiger partial charge < -0.3 is 57.2 Å². The predicted molar refractivity (Wildman–Crippen MR) is 192 cm³/mol. The lowest BCUT2D eigenvalue weighted by Gasteiger charge is -2.44. The Hall–Kier alpha value is -5.54. The van der Waals surface area contributed by atoms with Crippen molar-refractivity contribution in [3.8, 4) is 45.6 Å². The number of ether oxygens (including phenoxy) is 11. The summed E-state index contributed by atoms with van der Waals surface area (Å²) >= 11 is 0. The van der Waals surface area contributed by atoms with Gasteiger partial charge in [0.1, 0.15) is 24.9 Å². The van der Waals surface area contributed by atoms with E-state index in [4.69, 9.17) is 52.1 Å². The third-order valence-corrected chi connectivity index (χ3v) is 9.15. The van der Waals surface area contributed by atoms with Crippen molar-refractivity contribution in [3.63, 3.8) is 0 Å². The Balaban J connectivity index is 1.58. The van der Waals surface area contributed by atoms with Crippen LogP contribution in [0.3, 0.4) is 0 Å². The quantitative estimate of drug-likeness (QED) is 0.194. The molecule has 0 unspecified atom stereocenters. The summed E-state index contributed by atoms with van der Waals surface area (Å²) in [5.41, 5.74) is 1.45. The highest BCUT2D eigenvalue weighted by atomic mass is 16.7. The van der Waals surface area contributed by atoms with Crippen LogP contribution in [0.4, 0.5) is 0 Å². The molecule has 4 aromatic carbocycles. The number of hydrogen-bond donors (Lipinski definition) is 1. The van der Waals surface area contributed by atoms with Gasteiger partial charge in [-0.15, -0.1) is 0 Å². The Labute approximate surface area is 312 Å². The highest BCUT2D eigenvalue weighted by Gasteiger charge is 2.51. The zero-order valence-corrected chi connectivity index (χ0v) is 30.7. The summed E-state index contributed by atoms with van der Waals surface area (Å²) in [4.78, 5) is 29.2. The van der Waals surface area contributed by atoms with Crippen LogP contribution in [0, 0.1) is 0 Å². The van der Waals surface area contributed by atoms with E-state index in [1.165, 1.54) is 54.8 Å². The number of benzene rings is 4. The molecule has 2 aliphatic heterocycles.